The number of carbonyl (C=O) groups is 2. The van der Waals surface area contributed by atoms with E-state index < -0.39 is 16.0 Å². The summed E-state index contributed by atoms with van der Waals surface area (Å²) < 4.78 is 0. The largest absolute Gasteiger partial charge is 0.302 e. The SMILES string of the molecule is CC(C)(C=O)C(=O)C(Cl)Cl. The summed E-state index contributed by atoms with van der Waals surface area (Å²) in [6.07, 6.45) is 0.535. The van der Waals surface area contributed by atoms with Gasteiger partial charge in [0.2, 0.25) is 0 Å². The summed E-state index contributed by atoms with van der Waals surface area (Å²) >= 11 is 10.5. The van der Waals surface area contributed by atoms with Gasteiger partial charge in [-0.25, -0.2) is 0 Å². The quantitative estimate of drug-likeness (QED) is 0.378. The lowest BCUT2D eigenvalue weighted by Crippen LogP contribution is -2.30. The van der Waals surface area contributed by atoms with Gasteiger partial charge in [0, 0.05) is 0 Å². The van der Waals surface area contributed by atoms with Gasteiger partial charge in [0.05, 0.1) is 5.41 Å². The predicted molar refractivity (Wildman–Crippen MR) is 40.3 cm³/mol. The fraction of sp³-hybridized carbons (Fsp3) is 0.667. The molecule has 0 saturated carbocycles. The molecule has 0 N–H and O–H groups in total. The predicted octanol–water partition coefficient (Wildman–Crippen LogP) is 1.58. The molecule has 0 rings (SSSR count). The second kappa shape index (κ2) is 3.35. The molecule has 4 heteroatoms. The molecule has 0 aliphatic carbocycles. The standard InChI is InChI=1S/C6H8Cl2O2/c1-6(2,3-9)4(10)5(7)8/h3,5H,1-2H3. The van der Waals surface area contributed by atoms with Crippen LogP contribution in [0.1, 0.15) is 13.8 Å². The molecule has 10 heavy (non-hydrogen) atoms. The molecule has 0 spiro atoms. The third-order valence-corrected chi connectivity index (χ3v) is 1.52. The zero-order valence-electron chi connectivity index (χ0n) is 5.73. The van der Waals surface area contributed by atoms with Gasteiger partial charge in [-0.3, -0.25) is 4.79 Å². The van der Waals surface area contributed by atoms with Crippen LogP contribution < -0.4 is 0 Å². The maximum Gasteiger partial charge on any atom is 0.178 e. The van der Waals surface area contributed by atoms with Crippen LogP contribution in [-0.2, 0) is 9.59 Å². The third kappa shape index (κ3) is 2.27. The molecule has 0 unspecified atom stereocenters. The van der Waals surface area contributed by atoms with Crippen molar-refractivity contribution < 1.29 is 9.59 Å². The molecule has 0 heterocycles. The molecule has 0 bridgehead atoms. The van der Waals surface area contributed by atoms with E-state index in [4.69, 9.17) is 23.2 Å². The Morgan fingerprint density at radius 3 is 2.00 bits per heavy atom. The van der Waals surface area contributed by atoms with Crippen LogP contribution in [0.5, 0.6) is 0 Å². The normalized spacial score (nSPS) is 11.7. The number of hydrogen-bond donors (Lipinski definition) is 0. The van der Waals surface area contributed by atoms with E-state index in [9.17, 15) is 9.59 Å². The smallest absolute Gasteiger partial charge is 0.178 e. The van der Waals surface area contributed by atoms with Crippen molar-refractivity contribution in [3.8, 4) is 0 Å². The maximum absolute atomic E-state index is 10.9. The summed E-state index contributed by atoms with van der Waals surface area (Å²) in [7, 11) is 0. The van der Waals surface area contributed by atoms with Crippen LogP contribution in [0.4, 0.5) is 0 Å². The Morgan fingerprint density at radius 2 is 1.90 bits per heavy atom. The number of halogens is 2. The van der Waals surface area contributed by atoms with Crippen LogP contribution in [0.15, 0.2) is 0 Å². The number of carbonyl (C=O) groups excluding carboxylic acids is 2. The van der Waals surface area contributed by atoms with Crippen molar-refractivity contribution in [3.05, 3.63) is 0 Å². The van der Waals surface area contributed by atoms with Gasteiger partial charge in [-0.15, -0.1) is 0 Å². The van der Waals surface area contributed by atoms with Crippen molar-refractivity contribution in [1.82, 2.24) is 0 Å². The first-order valence-electron chi connectivity index (χ1n) is 2.70. The third-order valence-electron chi connectivity index (χ3n) is 1.13. The molecule has 0 amide bonds. The highest BCUT2D eigenvalue weighted by atomic mass is 35.5. The number of Topliss-reactive ketones (excluding diaryl/α,β-unsaturated/α-hetero) is 1. The Labute approximate surface area is 69.5 Å². The van der Waals surface area contributed by atoms with Crippen LogP contribution in [0, 0.1) is 5.41 Å². The van der Waals surface area contributed by atoms with E-state index in [0.29, 0.717) is 6.29 Å². The second-order valence-electron chi connectivity index (χ2n) is 2.50. The summed E-state index contributed by atoms with van der Waals surface area (Å²) in [5.41, 5.74) is -1.06. The van der Waals surface area contributed by atoms with Crippen LogP contribution in [0.2, 0.25) is 0 Å². The highest BCUT2D eigenvalue weighted by molar-refractivity contribution is 6.54. The molecule has 58 valence electrons. The minimum absolute atomic E-state index is 0.467. The minimum Gasteiger partial charge on any atom is -0.302 e. The van der Waals surface area contributed by atoms with Crippen molar-refractivity contribution in [1.29, 1.82) is 0 Å². The molecule has 2 nitrogen and oxygen atoms in total. The van der Waals surface area contributed by atoms with Gasteiger partial charge < -0.3 is 4.79 Å². The monoisotopic (exact) mass is 182 g/mol. The lowest BCUT2D eigenvalue weighted by Gasteiger charge is -2.14. The van der Waals surface area contributed by atoms with Gasteiger partial charge in [-0.1, -0.05) is 23.2 Å². The maximum atomic E-state index is 10.9. The van der Waals surface area contributed by atoms with E-state index in [1.165, 1.54) is 13.8 Å². The molecular formula is C6H8Cl2O2. The zero-order chi connectivity index (χ0) is 8.36. The van der Waals surface area contributed by atoms with Crippen molar-refractivity contribution in [2.75, 3.05) is 0 Å². The van der Waals surface area contributed by atoms with Gasteiger partial charge >= 0.3 is 0 Å². The fourth-order valence-electron chi connectivity index (χ4n) is 0.339. The Balaban J connectivity index is 4.33. The molecule has 0 fully saturated rings. The average Bonchev–Trinajstić information content (AvgIpc) is 1.86. The molecule has 0 aliphatic rings. The van der Waals surface area contributed by atoms with Gasteiger partial charge in [0.1, 0.15) is 6.29 Å². The topological polar surface area (TPSA) is 34.1 Å². The molecule has 0 saturated heterocycles. The van der Waals surface area contributed by atoms with E-state index in [1.54, 1.807) is 0 Å². The van der Waals surface area contributed by atoms with Crippen molar-refractivity contribution in [2.24, 2.45) is 5.41 Å². The molecule has 0 atom stereocenters. The van der Waals surface area contributed by atoms with Gasteiger partial charge in [0.25, 0.3) is 0 Å². The highest BCUT2D eigenvalue weighted by Gasteiger charge is 2.31. The molecule has 0 aromatic carbocycles. The summed E-state index contributed by atoms with van der Waals surface area (Å²) in [6.45, 7) is 2.94. The van der Waals surface area contributed by atoms with Crippen molar-refractivity contribution in [3.63, 3.8) is 0 Å². The Bertz CT molecular complexity index is 152. The lowest BCUT2D eigenvalue weighted by molar-refractivity contribution is -0.131. The molecule has 0 aromatic heterocycles. The van der Waals surface area contributed by atoms with E-state index in [0.717, 1.165) is 0 Å². The lowest BCUT2D eigenvalue weighted by atomic mass is 9.91. The Kier molecular flexibility index (Phi) is 3.33. The zero-order valence-corrected chi connectivity index (χ0v) is 7.24. The first-order chi connectivity index (χ1) is 4.41. The van der Waals surface area contributed by atoms with Gasteiger partial charge in [-0.2, -0.15) is 0 Å². The first-order valence-corrected chi connectivity index (χ1v) is 3.58. The van der Waals surface area contributed by atoms with E-state index in [1.807, 2.05) is 0 Å². The molecular weight excluding hydrogens is 175 g/mol. The van der Waals surface area contributed by atoms with Crippen LogP contribution in [0.25, 0.3) is 0 Å². The average molecular weight is 183 g/mol. The van der Waals surface area contributed by atoms with E-state index in [-0.39, 0.29) is 0 Å². The summed E-state index contributed by atoms with van der Waals surface area (Å²) in [5.74, 6) is -0.467. The summed E-state index contributed by atoms with van der Waals surface area (Å²) in [4.78, 5) is 20.0. The van der Waals surface area contributed by atoms with Gasteiger partial charge in [-0.05, 0) is 13.8 Å². The summed E-state index contributed by atoms with van der Waals surface area (Å²) in [6, 6.07) is 0. The van der Waals surface area contributed by atoms with E-state index in [2.05, 4.69) is 0 Å². The number of rotatable bonds is 3. The number of hydrogen-bond acceptors (Lipinski definition) is 2. The number of alkyl halides is 2. The minimum atomic E-state index is -1.11. The van der Waals surface area contributed by atoms with Crippen molar-refractivity contribution in [2.45, 2.75) is 18.7 Å². The first kappa shape index (κ1) is 9.92. The van der Waals surface area contributed by atoms with E-state index >= 15 is 0 Å². The van der Waals surface area contributed by atoms with Crippen molar-refractivity contribution >= 4 is 35.3 Å². The van der Waals surface area contributed by atoms with Crippen LogP contribution >= 0.6 is 23.2 Å². The van der Waals surface area contributed by atoms with Gasteiger partial charge in [0.15, 0.2) is 10.6 Å². The van der Waals surface area contributed by atoms with Crippen LogP contribution in [-0.4, -0.2) is 16.9 Å². The fourth-order valence-corrected chi connectivity index (χ4v) is 0.902. The van der Waals surface area contributed by atoms with Crippen LogP contribution in [0.3, 0.4) is 0 Å². The summed E-state index contributed by atoms with van der Waals surface area (Å²) in [5, 5.41) is 0. The second-order valence-corrected chi connectivity index (χ2v) is 3.60. The Hall–Kier alpha value is -0.0800. The Morgan fingerprint density at radius 1 is 1.50 bits per heavy atom. The number of aldehydes is 1. The molecule has 0 radical (unpaired) electrons. The highest BCUT2D eigenvalue weighted by Crippen LogP contribution is 2.19. The number of ketones is 1. The molecule has 0 aromatic rings. The molecule has 0 aliphatic heterocycles.